The van der Waals surface area contributed by atoms with Gasteiger partial charge >= 0.3 is 5.69 Å². The minimum Gasteiger partial charge on any atom is -0.320 e. The Balaban J connectivity index is 2.12. The maximum Gasteiger partial charge on any atom is 0.330 e. The topological polar surface area (TPSA) is 110 Å². The van der Waals surface area contributed by atoms with Gasteiger partial charge in [-0.25, -0.2) is 10.8 Å². The van der Waals surface area contributed by atoms with Crippen LogP contribution in [0.15, 0.2) is 30.5 Å². The molecule has 0 spiro atoms. The Kier molecular flexibility index (Phi) is 2.92. The van der Waals surface area contributed by atoms with Gasteiger partial charge in [0.05, 0.1) is 4.92 Å². The first-order chi connectivity index (χ1) is 9.70. The van der Waals surface area contributed by atoms with Crippen molar-refractivity contribution in [3.8, 4) is 0 Å². The minimum atomic E-state index is -0.490. The number of anilines is 3. The second-order valence-corrected chi connectivity index (χ2v) is 4.33. The molecule has 1 aromatic carbocycles. The molecule has 0 fully saturated rings. The largest absolute Gasteiger partial charge is 0.330 e. The van der Waals surface area contributed by atoms with Gasteiger partial charge in [-0.15, -0.1) is 0 Å². The van der Waals surface area contributed by atoms with Crippen LogP contribution in [0.3, 0.4) is 0 Å². The van der Waals surface area contributed by atoms with Gasteiger partial charge in [0.15, 0.2) is 0 Å². The number of aromatic nitrogens is 2. The molecule has 3 rings (SSSR count). The Morgan fingerprint density at radius 1 is 1.40 bits per heavy atom. The van der Waals surface area contributed by atoms with Crippen molar-refractivity contribution >= 4 is 23.1 Å². The molecular formula is C12H12N6O2. The van der Waals surface area contributed by atoms with E-state index in [1.165, 1.54) is 6.20 Å². The lowest BCUT2D eigenvalue weighted by Crippen LogP contribution is -2.19. The van der Waals surface area contributed by atoms with E-state index in [0.29, 0.717) is 6.54 Å². The molecule has 0 saturated heterocycles. The smallest absolute Gasteiger partial charge is 0.320 e. The van der Waals surface area contributed by atoms with Crippen molar-refractivity contribution in [2.24, 2.45) is 5.84 Å². The van der Waals surface area contributed by atoms with Gasteiger partial charge in [-0.3, -0.25) is 15.5 Å². The summed E-state index contributed by atoms with van der Waals surface area (Å²) >= 11 is 0. The van der Waals surface area contributed by atoms with Crippen molar-refractivity contribution in [3.05, 3.63) is 46.1 Å². The van der Waals surface area contributed by atoms with Crippen LogP contribution in [0.25, 0.3) is 0 Å². The van der Waals surface area contributed by atoms with Crippen molar-refractivity contribution in [1.29, 1.82) is 0 Å². The highest BCUT2D eigenvalue weighted by atomic mass is 16.6. The van der Waals surface area contributed by atoms with Crippen LogP contribution in [0, 0.1) is 10.1 Å². The van der Waals surface area contributed by atoms with E-state index in [4.69, 9.17) is 5.84 Å². The van der Waals surface area contributed by atoms with E-state index in [9.17, 15) is 10.1 Å². The normalized spacial score (nSPS) is 13.2. The highest BCUT2D eigenvalue weighted by Crippen LogP contribution is 2.37. The molecule has 102 valence electrons. The number of nitrogen functional groups attached to an aromatic ring is 1. The van der Waals surface area contributed by atoms with Crippen LogP contribution in [0.2, 0.25) is 0 Å². The predicted molar refractivity (Wildman–Crippen MR) is 73.6 cm³/mol. The SMILES string of the molecule is NNc1ncc([N+](=O)[O-])c(N2CCc3ccccc32)n1. The van der Waals surface area contributed by atoms with Gasteiger partial charge in [0.2, 0.25) is 11.8 Å². The van der Waals surface area contributed by atoms with Crippen molar-refractivity contribution in [1.82, 2.24) is 9.97 Å². The molecule has 2 aromatic rings. The van der Waals surface area contributed by atoms with Crippen LogP contribution < -0.4 is 16.2 Å². The molecule has 20 heavy (non-hydrogen) atoms. The summed E-state index contributed by atoms with van der Waals surface area (Å²) in [6.07, 6.45) is 1.99. The number of fused-ring (bicyclic) bond motifs is 1. The molecule has 0 atom stereocenters. The molecular weight excluding hydrogens is 260 g/mol. The van der Waals surface area contributed by atoms with E-state index in [2.05, 4.69) is 15.4 Å². The van der Waals surface area contributed by atoms with Crippen LogP contribution in [0.4, 0.5) is 23.1 Å². The lowest BCUT2D eigenvalue weighted by molar-refractivity contribution is -0.384. The molecule has 1 aliphatic rings. The standard InChI is InChI=1S/C12H12N6O2/c13-16-12-14-7-10(18(19)20)11(15-12)17-6-5-8-3-1-2-4-9(8)17/h1-4,7H,5-6,13H2,(H,14,15,16). The lowest BCUT2D eigenvalue weighted by atomic mass is 10.2. The number of rotatable bonds is 3. The highest BCUT2D eigenvalue weighted by Gasteiger charge is 2.28. The Hall–Kier alpha value is -2.74. The van der Waals surface area contributed by atoms with Crippen molar-refractivity contribution < 1.29 is 4.92 Å². The van der Waals surface area contributed by atoms with Gasteiger partial charge in [0.25, 0.3) is 0 Å². The number of hydrogen-bond acceptors (Lipinski definition) is 7. The van der Waals surface area contributed by atoms with Gasteiger partial charge < -0.3 is 4.90 Å². The maximum absolute atomic E-state index is 11.1. The third-order valence-corrected chi connectivity index (χ3v) is 3.22. The number of para-hydroxylation sites is 1. The van der Waals surface area contributed by atoms with E-state index >= 15 is 0 Å². The highest BCUT2D eigenvalue weighted by molar-refractivity contribution is 5.73. The summed E-state index contributed by atoms with van der Waals surface area (Å²) in [5.74, 6) is 5.68. The molecule has 0 aliphatic carbocycles. The second kappa shape index (κ2) is 4.74. The van der Waals surface area contributed by atoms with E-state index in [0.717, 1.165) is 17.7 Å². The summed E-state index contributed by atoms with van der Waals surface area (Å²) in [6, 6.07) is 7.77. The van der Waals surface area contributed by atoms with Crippen molar-refractivity contribution in [2.45, 2.75) is 6.42 Å². The molecule has 8 heteroatoms. The third-order valence-electron chi connectivity index (χ3n) is 3.22. The Bertz CT molecular complexity index is 675. The van der Waals surface area contributed by atoms with E-state index < -0.39 is 4.92 Å². The summed E-state index contributed by atoms with van der Waals surface area (Å²) in [5.41, 5.74) is 4.24. The van der Waals surface area contributed by atoms with E-state index in [1.807, 2.05) is 29.2 Å². The quantitative estimate of drug-likeness (QED) is 0.493. The average Bonchev–Trinajstić information content (AvgIpc) is 2.90. The van der Waals surface area contributed by atoms with Crippen molar-refractivity contribution in [2.75, 3.05) is 16.9 Å². The zero-order valence-electron chi connectivity index (χ0n) is 10.5. The zero-order valence-corrected chi connectivity index (χ0v) is 10.5. The first-order valence-corrected chi connectivity index (χ1v) is 6.04. The molecule has 2 heterocycles. The number of hydrogen-bond donors (Lipinski definition) is 2. The molecule has 0 bridgehead atoms. The van der Waals surface area contributed by atoms with E-state index in [1.54, 1.807) is 0 Å². The summed E-state index contributed by atoms with van der Waals surface area (Å²) in [4.78, 5) is 20.4. The number of nitro groups is 1. The molecule has 8 nitrogen and oxygen atoms in total. The van der Waals surface area contributed by atoms with Crippen LogP contribution >= 0.6 is 0 Å². The summed E-state index contributed by atoms with van der Waals surface area (Å²) in [6.45, 7) is 0.640. The number of nitrogens with zero attached hydrogens (tertiary/aromatic N) is 4. The molecule has 0 radical (unpaired) electrons. The Morgan fingerprint density at radius 2 is 2.20 bits per heavy atom. The van der Waals surface area contributed by atoms with Crippen LogP contribution in [-0.4, -0.2) is 21.4 Å². The zero-order chi connectivity index (χ0) is 14.1. The molecule has 1 aromatic heterocycles. The second-order valence-electron chi connectivity index (χ2n) is 4.33. The van der Waals surface area contributed by atoms with Crippen molar-refractivity contribution in [3.63, 3.8) is 0 Å². The van der Waals surface area contributed by atoms with Gasteiger partial charge in [0, 0.05) is 12.2 Å². The van der Waals surface area contributed by atoms with Gasteiger partial charge in [-0.2, -0.15) is 4.98 Å². The molecule has 1 aliphatic heterocycles. The molecule has 0 unspecified atom stereocenters. The number of nitrogens with one attached hydrogen (secondary N) is 1. The van der Waals surface area contributed by atoms with Gasteiger partial charge in [-0.05, 0) is 18.1 Å². The molecule has 3 N–H and O–H groups in total. The fourth-order valence-electron chi connectivity index (χ4n) is 2.32. The fraction of sp³-hybridized carbons (Fsp3) is 0.167. The van der Waals surface area contributed by atoms with Gasteiger partial charge in [-0.1, -0.05) is 18.2 Å². The Labute approximate surface area is 114 Å². The number of benzene rings is 1. The Morgan fingerprint density at radius 3 is 2.95 bits per heavy atom. The molecule has 0 amide bonds. The maximum atomic E-state index is 11.1. The number of hydrazine groups is 1. The monoisotopic (exact) mass is 272 g/mol. The first-order valence-electron chi connectivity index (χ1n) is 6.04. The van der Waals surface area contributed by atoms with Crippen LogP contribution in [-0.2, 0) is 6.42 Å². The summed E-state index contributed by atoms with van der Waals surface area (Å²) < 4.78 is 0. The first kappa shape index (κ1) is 12.3. The van der Waals surface area contributed by atoms with Crippen LogP contribution in [0.5, 0.6) is 0 Å². The fourth-order valence-corrected chi connectivity index (χ4v) is 2.32. The van der Waals surface area contributed by atoms with Crippen LogP contribution in [0.1, 0.15) is 5.56 Å². The predicted octanol–water partition coefficient (Wildman–Crippen LogP) is 1.36. The summed E-state index contributed by atoms with van der Waals surface area (Å²) in [5, 5.41) is 11.1. The molecule has 0 saturated carbocycles. The lowest BCUT2D eigenvalue weighted by Gasteiger charge is -2.18. The van der Waals surface area contributed by atoms with E-state index in [-0.39, 0.29) is 17.5 Å². The average molecular weight is 272 g/mol. The number of nitrogens with two attached hydrogens (primary N) is 1. The summed E-state index contributed by atoms with van der Waals surface area (Å²) in [7, 11) is 0. The van der Waals surface area contributed by atoms with Gasteiger partial charge in [0.1, 0.15) is 6.20 Å². The third kappa shape index (κ3) is 1.91. The minimum absolute atomic E-state index is 0.138.